The molecular weight excluding hydrogens is 486 g/mol. The minimum atomic E-state index is -3.88. The minimum absolute atomic E-state index is 0.0339. The van der Waals surface area contributed by atoms with Crippen LogP contribution in [0.3, 0.4) is 0 Å². The van der Waals surface area contributed by atoms with E-state index in [9.17, 15) is 18.3 Å². The highest BCUT2D eigenvalue weighted by Gasteiger charge is 2.28. The highest BCUT2D eigenvalue weighted by molar-refractivity contribution is 9.10. The Balaban J connectivity index is 2.13. The Morgan fingerprint density at radius 2 is 1.90 bits per heavy atom. The lowest BCUT2D eigenvalue weighted by Crippen LogP contribution is -2.48. The molecule has 0 unspecified atom stereocenters. The van der Waals surface area contributed by atoms with Crippen LogP contribution in [0.1, 0.15) is 31.9 Å². The number of hydrogen-bond acceptors (Lipinski definition) is 6. The second-order valence-electron chi connectivity index (χ2n) is 7.17. The second kappa shape index (κ2) is 10.7. The Morgan fingerprint density at radius 3 is 2.48 bits per heavy atom. The number of nitrogens with zero attached hydrogens (tertiary/aromatic N) is 1. The number of hydrogen-bond donors (Lipinski definition) is 3. The van der Waals surface area contributed by atoms with Gasteiger partial charge in [-0.1, -0.05) is 31.5 Å². The summed E-state index contributed by atoms with van der Waals surface area (Å²) in [7, 11) is -3.88. The van der Waals surface area contributed by atoms with E-state index >= 15 is 0 Å². The molecule has 3 N–H and O–H groups in total. The molecule has 10 heteroatoms. The molecule has 0 saturated heterocycles. The maximum absolute atomic E-state index is 12.7. The quantitative estimate of drug-likeness (QED) is 0.352. The summed E-state index contributed by atoms with van der Waals surface area (Å²) in [5.41, 5.74) is 3.86. The number of aromatic hydroxyl groups is 1. The van der Waals surface area contributed by atoms with E-state index in [1.165, 1.54) is 18.3 Å². The molecule has 0 aliphatic heterocycles. The predicted octanol–water partition coefficient (Wildman–Crippen LogP) is 3.32. The van der Waals surface area contributed by atoms with Crippen molar-refractivity contribution in [2.75, 3.05) is 6.61 Å². The average Bonchev–Trinajstić information content (AvgIpc) is 2.70. The number of phenolic OH excluding ortho intramolecular Hbond substituents is 1. The van der Waals surface area contributed by atoms with Crippen LogP contribution in [0, 0.1) is 12.8 Å². The van der Waals surface area contributed by atoms with Gasteiger partial charge in [0.15, 0.2) is 11.5 Å². The van der Waals surface area contributed by atoms with Gasteiger partial charge in [-0.15, -0.1) is 0 Å². The van der Waals surface area contributed by atoms with Crippen molar-refractivity contribution in [1.82, 2.24) is 10.1 Å². The number of phenols is 1. The molecule has 31 heavy (non-hydrogen) atoms. The number of benzene rings is 2. The van der Waals surface area contributed by atoms with Crippen molar-refractivity contribution in [3.63, 3.8) is 0 Å². The standard InChI is InChI=1S/C21H26BrN3O5S/c1-5-30-18-11-15(10-17(22)20(18)26)12-23-24-21(27)19(13(2)3)25-31(28,29)16-8-6-14(4)7-9-16/h6-13,19,25-26H,5H2,1-4H3,(H,24,27)/b23-12-/t19-/m1/s1. The molecule has 168 valence electrons. The summed E-state index contributed by atoms with van der Waals surface area (Å²) in [5, 5.41) is 13.9. The largest absolute Gasteiger partial charge is 0.503 e. The Labute approximate surface area is 190 Å². The molecular formula is C21H26BrN3O5S. The van der Waals surface area contributed by atoms with E-state index in [1.54, 1.807) is 45.0 Å². The molecule has 0 heterocycles. The first kappa shape index (κ1) is 24.8. The number of carbonyl (C=O) groups is 1. The minimum Gasteiger partial charge on any atom is -0.503 e. The number of amides is 1. The zero-order chi connectivity index (χ0) is 23.2. The van der Waals surface area contributed by atoms with E-state index in [2.05, 4.69) is 31.2 Å². The summed E-state index contributed by atoms with van der Waals surface area (Å²) in [6.07, 6.45) is 1.37. The van der Waals surface area contributed by atoms with Crippen LogP contribution >= 0.6 is 15.9 Å². The number of rotatable bonds is 9. The lowest BCUT2D eigenvalue weighted by atomic mass is 10.1. The second-order valence-corrected chi connectivity index (χ2v) is 9.74. The smallest absolute Gasteiger partial charge is 0.258 e. The van der Waals surface area contributed by atoms with Crippen LogP contribution in [-0.2, 0) is 14.8 Å². The van der Waals surface area contributed by atoms with Gasteiger partial charge in [0.1, 0.15) is 6.04 Å². The van der Waals surface area contributed by atoms with Gasteiger partial charge in [-0.2, -0.15) is 9.82 Å². The lowest BCUT2D eigenvalue weighted by Gasteiger charge is -2.20. The predicted molar refractivity (Wildman–Crippen MR) is 123 cm³/mol. The zero-order valence-electron chi connectivity index (χ0n) is 17.7. The fraction of sp³-hybridized carbons (Fsp3) is 0.333. The molecule has 2 aromatic rings. The van der Waals surface area contributed by atoms with Gasteiger partial charge in [0.2, 0.25) is 10.0 Å². The summed E-state index contributed by atoms with van der Waals surface area (Å²) < 4.78 is 33.5. The summed E-state index contributed by atoms with van der Waals surface area (Å²) in [5.74, 6) is -0.670. The molecule has 2 aromatic carbocycles. The van der Waals surface area contributed by atoms with Crippen molar-refractivity contribution >= 4 is 38.1 Å². The number of nitrogens with one attached hydrogen (secondary N) is 2. The molecule has 1 amide bonds. The van der Waals surface area contributed by atoms with E-state index in [4.69, 9.17) is 4.74 Å². The number of carbonyl (C=O) groups excluding carboxylic acids is 1. The maximum atomic E-state index is 12.7. The van der Waals surface area contributed by atoms with Crippen LogP contribution in [0.2, 0.25) is 0 Å². The van der Waals surface area contributed by atoms with Gasteiger partial charge in [0, 0.05) is 0 Å². The Hall–Kier alpha value is -2.43. The van der Waals surface area contributed by atoms with Gasteiger partial charge in [0.05, 0.1) is 22.2 Å². The lowest BCUT2D eigenvalue weighted by molar-refractivity contribution is -0.123. The molecule has 0 fully saturated rings. The Morgan fingerprint density at radius 1 is 1.26 bits per heavy atom. The van der Waals surface area contributed by atoms with Gasteiger partial charge in [-0.25, -0.2) is 13.8 Å². The molecule has 8 nitrogen and oxygen atoms in total. The van der Waals surface area contributed by atoms with Gasteiger partial charge in [-0.3, -0.25) is 4.79 Å². The van der Waals surface area contributed by atoms with Crippen molar-refractivity contribution in [3.05, 3.63) is 52.0 Å². The van der Waals surface area contributed by atoms with Crippen LogP contribution in [0.4, 0.5) is 0 Å². The monoisotopic (exact) mass is 511 g/mol. The highest BCUT2D eigenvalue weighted by atomic mass is 79.9. The maximum Gasteiger partial charge on any atom is 0.258 e. The molecule has 0 aliphatic rings. The Kier molecular flexibility index (Phi) is 8.60. The molecule has 2 rings (SSSR count). The van der Waals surface area contributed by atoms with E-state index in [-0.39, 0.29) is 22.3 Å². The van der Waals surface area contributed by atoms with E-state index in [1.807, 2.05) is 6.92 Å². The fourth-order valence-electron chi connectivity index (χ4n) is 2.62. The summed E-state index contributed by atoms with van der Waals surface area (Å²) in [6.45, 7) is 7.48. The van der Waals surface area contributed by atoms with Crippen LogP contribution in [0.25, 0.3) is 0 Å². The first-order chi connectivity index (χ1) is 14.5. The first-order valence-electron chi connectivity index (χ1n) is 9.62. The normalized spacial score (nSPS) is 12.8. The summed E-state index contributed by atoms with van der Waals surface area (Å²) in [6, 6.07) is 8.51. The van der Waals surface area contributed by atoms with Gasteiger partial charge < -0.3 is 9.84 Å². The number of hydrazone groups is 1. The molecule has 0 bridgehead atoms. The molecule has 0 aliphatic carbocycles. The van der Waals surface area contributed by atoms with Gasteiger partial charge >= 0.3 is 0 Å². The third kappa shape index (κ3) is 6.78. The molecule has 0 saturated carbocycles. The van der Waals surface area contributed by atoms with Crippen LogP contribution in [0.15, 0.2) is 50.9 Å². The van der Waals surface area contributed by atoms with Crippen molar-refractivity contribution in [2.24, 2.45) is 11.0 Å². The number of halogens is 1. The Bertz CT molecular complexity index is 1050. The first-order valence-corrected chi connectivity index (χ1v) is 11.9. The SMILES string of the molecule is CCOc1cc(/C=N\NC(=O)[C@H](NS(=O)(=O)c2ccc(C)cc2)C(C)C)cc(Br)c1O. The highest BCUT2D eigenvalue weighted by Crippen LogP contribution is 2.35. The molecule has 0 radical (unpaired) electrons. The molecule has 0 aromatic heterocycles. The van der Waals surface area contributed by atoms with Crippen LogP contribution in [-0.4, -0.2) is 38.3 Å². The number of aryl methyl sites for hydroxylation is 1. The number of ether oxygens (including phenoxy) is 1. The summed E-state index contributed by atoms with van der Waals surface area (Å²) >= 11 is 3.23. The van der Waals surface area contributed by atoms with Gasteiger partial charge in [-0.05, 0) is 65.5 Å². The van der Waals surface area contributed by atoms with Crippen LogP contribution in [0.5, 0.6) is 11.5 Å². The van der Waals surface area contributed by atoms with Crippen molar-refractivity contribution in [3.8, 4) is 11.5 Å². The number of sulfonamides is 1. The molecule has 0 spiro atoms. The van der Waals surface area contributed by atoms with Gasteiger partial charge in [0.25, 0.3) is 5.91 Å². The third-order valence-corrected chi connectivity index (χ3v) is 6.36. The van der Waals surface area contributed by atoms with Crippen molar-refractivity contribution in [2.45, 2.75) is 38.6 Å². The topological polar surface area (TPSA) is 117 Å². The third-order valence-electron chi connectivity index (χ3n) is 4.30. The van der Waals surface area contributed by atoms with Crippen molar-refractivity contribution in [1.29, 1.82) is 0 Å². The van der Waals surface area contributed by atoms with E-state index < -0.39 is 22.0 Å². The van der Waals surface area contributed by atoms with Crippen LogP contribution < -0.4 is 14.9 Å². The molecule has 1 atom stereocenters. The average molecular weight is 512 g/mol. The zero-order valence-corrected chi connectivity index (χ0v) is 20.1. The van der Waals surface area contributed by atoms with E-state index in [0.29, 0.717) is 16.6 Å². The van der Waals surface area contributed by atoms with E-state index in [0.717, 1.165) is 5.56 Å². The van der Waals surface area contributed by atoms with Crippen molar-refractivity contribution < 1.29 is 23.1 Å². The fourth-order valence-corrected chi connectivity index (χ4v) is 4.42. The summed E-state index contributed by atoms with van der Waals surface area (Å²) in [4.78, 5) is 12.7.